The van der Waals surface area contributed by atoms with Crippen LogP contribution >= 0.6 is 0 Å². The van der Waals surface area contributed by atoms with Crippen molar-refractivity contribution >= 4 is 11.9 Å². The van der Waals surface area contributed by atoms with Gasteiger partial charge in [-0.05, 0) is 17.7 Å². The summed E-state index contributed by atoms with van der Waals surface area (Å²) in [7, 11) is 0. The number of rotatable bonds is 4. The van der Waals surface area contributed by atoms with Crippen molar-refractivity contribution < 1.29 is 19.4 Å². The Hall–Kier alpha value is -2.21. The van der Waals surface area contributed by atoms with E-state index in [2.05, 4.69) is 10.3 Å². The molecule has 2 aliphatic rings. The largest absolute Gasteiger partial charge is 0.481 e. The van der Waals surface area contributed by atoms with Gasteiger partial charge in [0, 0.05) is 18.9 Å². The molecule has 104 valence electrons. The number of aromatic nitrogens is 1. The van der Waals surface area contributed by atoms with Crippen LogP contribution in [-0.4, -0.2) is 34.2 Å². The minimum atomic E-state index is -0.995. The maximum atomic E-state index is 12.2. The van der Waals surface area contributed by atoms with Gasteiger partial charge in [-0.1, -0.05) is 12.2 Å². The lowest BCUT2D eigenvalue weighted by Gasteiger charge is -2.20. The average Bonchev–Trinajstić information content (AvgIpc) is 3.06. The lowest BCUT2D eigenvalue weighted by Crippen LogP contribution is -2.42. The average molecular weight is 274 g/mol. The second-order valence-corrected chi connectivity index (χ2v) is 4.91. The molecule has 1 aromatic heterocycles. The van der Waals surface area contributed by atoms with Gasteiger partial charge in [0.25, 0.3) is 0 Å². The van der Waals surface area contributed by atoms with E-state index in [1.54, 1.807) is 36.7 Å². The molecular formula is C14H14N2O4. The molecular weight excluding hydrogens is 260 g/mol. The summed E-state index contributed by atoms with van der Waals surface area (Å²) < 4.78 is 5.47. The fraction of sp³-hybridized carbons (Fsp3) is 0.357. The summed E-state index contributed by atoms with van der Waals surface area (Å²) in [5.41, 5.74) is 0.917. The maximum absolute atomic E-state index is 12.2. The molecule has 1 amide bonds. The van der Waals surface area contributed by atoms with Crippen LogP contribution in [0.1, 0.15) is 5.56 Å². The monoisotopic (exact) mass is 274 g/mol. The number of nitrogens with one attached hydrogen (secondary N) is 1. The van der Waals surface area contributed by atoms with Crippen LogP contribution in [0.4, 0.5) is 0 Å². The Morgan fingerprint density at radius 2 is 1.85 bits per heavy atom. The highest BCUT2D eigenvalue weighted by atomic mass is 16.5. The lowest BCUT2D eigenvalue weighted by atomic mass is 9.82. The van der Waals surface area contributed by atoms with Crippen LogP contribution in [0, 0.1) is 11.8 Å². The van der Waals surface area contributed by atoms with E-state index in [9.17, 15) is 14.7 Å². The van der Waals surface area contributed by atoms with Crippen molar-refractivity contribution in [3.8, 4) is 0 Å². The van der Waals surface area contributed by atoms with E-state index in [0.717, 1.165) is 5.56 Å². The van der Waals surface area contributed by atoms with Crippen molar-refractivity contribution in [2.75, 3.05) is 0 Å². The number of nitrogens with zero attached hydrogens (tertiary/aromatic N) is 1. The Morgan fingerprint density at radius 1 is 1.20 bits per heavy atom. The number of carbonyl (C=O) groups is 2. The summed E-state index contributed by atoms with van der Waals surface area (Å²) in [6, 6.07) is 3.60. The first-order valence-electron chi connectivity index (χ1n) is 6.40. The standard InChI is InChI=1S/C14H14N2O4/c17-13(16-7-8-3-5-15-6-4-8)11-9-1-2-10(20-9)12(11)14(18)19/h1-6,9-12H,7H2,(H,16,17)(H,18,19)/t9-,10-,11+,12-/m1/s1. The van der Waals surface area contributed by atoms with Gasteiger partial charge in [0.2, 0.25) is 5.91 Å². The first-order valence-corrected chi connectivity index (χ1v) is 6.40. The third kappa shape index (κ3) is 2.18. The van der Waals surface area contributed by atoms with Crippen LogP contribution in [0.15, 0.2) is 36.7 Å². The van der Waals surface area contributed by atoms with Crippen molar-refractivity contribution in [1.29, 1.82) is 0 Å². The topological polar surface area (TPSA) is 88.5 Å². The van der Waals surface area contributed by atoms with E-state index >= 15 is 0 Å². The van der Waals surface area contributed by atoms with E-state index < -0.39 is 30.0 Å². The van der Waals surface area contributed by atoms with Crippen molar-refractivity contribution in [3.63, 3.8) is 0 Å². The number of ether oxygens (including phenoxy) is 1. The van der Waals surface area contributed by atoms with Crippen LogP contribution in [0.25, 0.3) is 0 Å². The predicted molar refractivity (Wildman–Crippen MR) is 68.5 cm³/mol. The molecule has 2 bridgehead atoms. The number of carbonyl (C=O) groups excluding carboxylic acids is 1. The number of hydrogen-bond acceptors (Lipinski definition) is 4. The summed E-state index contributed by atoms with van der Waals surface area (Å²) in [5.74, 6) is -2.75. The van der Waals surface area contributed by atoms with Gasteiger partial charge >= 0.3 is 5.97 Å². The summed E-state index contributed by atoms with van der Waals surface area (Å²) >= 11 is 0. The zero-order valence-electron chi connectivity index (χ0n) is 10.6. The molecule has 1 fully saturated rings. The fourth-order valence-corrected chi connectivity index (χ4v) is 2.72. The van der Waals surface area contributed by atoms with Crippen molar-refractivity contribution in [3.05, 3.63) is 42.2 Å². The SMILES string of the molecule is O=C(NCc1ccncc1)[C@@H]1[C@H](C(=O)O)[C@H]2C=C[C@H]1O2. The van der Waals surface area contributed by atoms with Gasteiger partial charge in [0.1, 0.15) is 5.92 Å². The lowest BCUT2D eigenvalue weighted by molar-refractivity contribution is -0.146. The summed E-state index contributed by atoms with van der Waals surface area (Å²) in [6.45, 7) is 0.352. The molecule has 2 N–H and O–H groups in total. The molecule has 0 spiro atoms. The van der Waals surface area contributed by atoms with Gasteiger partial charge in [-0.3, -0.25) is 14.6 Å². The Morgan fingerprint density at radius 3 is 2.50 bits per heavy atom. The van der Waals surface area contributed by atoms with Crippen molar-refractivity contribution in [2.24, 2.45) is 11.8 Å². The fourth-order valence-electron chi connectivity index (χ4n) is 2.72. The van der Waals surface area contributed by atoms with E-state index in [1.807, 2.05) is 0 Å². The molecule has 0 saturated carbocycles. The molecule has 6 heteroatoms. The van der Waals surface area contributed by atoms with Gasteiger partial charge in [-0.2, -0.15) is 0 Å². The van der Waals surface area contributed by atoms with Gasteiger partial charge < -0.3 is 15.2 Å². The van der Waals surface area contributed by atoms with Crippen molar-refractivity contribution in [1.82, 2.24) is 10.3 Å². The number of carboxylic acids is 1. The molecule has 0 aromatic carbocycles. The Labute approximate surface area is 115 Å². The normalized spacial score (nSPS) is 30.4. The highest BCUT2D eigenvalue weighted by Crippen LogP contribution is 2.39. The maximum Gasteiger partial charge on any atom is 0.310 e. The second-order valence-electron chi connectivity index (χ2n) is 4.91. The molecule has 3 heterocycles. The zero-order chi connectivity index (χ0) is 14.1. The number of aliphatic carboxylic acids is 1. The minimum absolute atomic E-state index is 0.286. The van der Waals surface area contributed by atoms with Crippen molar-refractivity contribution in [2.45, 2.75) is 18.8 Å². The molecule has 0 unspecified atom stereocenters. The first kappa shape index (κ1) is 12.8. The third-order valence-electron chi connectivity index (χ3n) is 3.70. The van der Waals surface area contributed by atoms with Crippen LogP contribution in [0.3, 0.4) is 0 Å². The summed E-state index contributed by atoms with van der Waals surface area (Å²) in [5, 5.41) is 12.0. The van der Waals surface area contributed by atoms with Crippen LogP contribution in [0.5, 0.6) is 0 Å². The van der Waals surface area contributed by atoms with Gasteiger partial charge in [-0.15, -0.1) is 0 Å². The summed E-state index contributed by atoms with van der Waals surface area (Å²) in [4.78, 5) is 27.4. The number of carboxylic acid groups (broad SMARTS) is 1. The second kappa shape index (κ2) is 5.05. The molecule has 0 radical (unpaired) electrons. The van der Waals surface area contributed by atoms with Crippen LogP contribution in [-0.2, 0) is 20.9 Å². The van der Waals surface area contributed by atoms with Crippen LogP contribution in [0.2, 0.25) is 0 Å². The number of amides is 1. The molecule has 1 aromatic rings. The number of hydrogen-bond donors (Lipinski definition) is 2. The van der Waals surface area contributed by atoms with E-state index in [1.165, 1.54) is 0 Å². The molecule has 4 atom stereocenters. The molecule has 1 saturated heterocycles. The Balaban J connectivity index is 1.68. The molecule has 3 rings (SSSR count). The van der Waals surface area contributed by atoms with E-state index in [-0.39, 0.29) is 5.91 Å². The van der Waals surface area contributed by atoms with E-state index in [4.69, 9.17) is 4.74 Å². The highest BCUT2D eigenvalue weighted by molar-refractivity contribution is 5.87. The van der Waals surface area contributed by atoms with E-state index in [0.29, 0.717) is 6.54 Å². The Kier molecular flexibility index (Phi) is 3.23. The smallest absolute Gasteiger partial charge is 0.310 e. The number of pyridine rings is 1. The predicted octanol–water partition coefficient (Wildman–Crippen LogP) is 0.352. The van der Waals surface area contributed by atoms with Gasteiger partial charge in [-0.25, -0.2) is 0 Å². The Bertz CT molecular complexity index is 558. The molecule has 6 nitrogen and oxygen atoms in total. The first-order chi connectivity index (χ1) is 9.66. The molecule has 20 heavy (non-hydrogen) atoms. The minimum Gasteiger partial charge on any atom is -0.481 e. The quantitative estimate of drug-likeness (QED) is 0.773. The number of fused-ring (bicyclic) bond motifs is 2. The highest BCUT2D eigenvalue weighted by Gasteiger charge is 2.53. The third-order valence-corrected chi connectivity index (χ3v) is 3.70. The van der Waals surface area contributed by atoms with Crippen LogP contribution < -0.4 is 5.32 Å². The zero-order valence-corrected chi connectivity index (χ0v) is 10.6. The molecule has 2 aliphatic heterocycles. The van der Waals surface area contributed by atoms with Gasteiger partial charge in [0.15, 0.2) is 0 Å². The molecule has 0 aliphatic carbocycles. The summed E-state index contributed by atoms with van der Waals surface area (Å²) in [6.07, 6.45) is 5.85. The van der Waals surface area contributed by atoms with Gasteiger partial charge in [0.05, 0.1) is 18.1 Å².